The summed E-state index contributed by atoms with van der Waals surface area (Å²) in [5.74, 6) is 0. The Hall–Kier alpha value is -0.600. The van der Waals surface area contributed by atoms with Crippen LogP contribution in [0.5, 0.6) is 0 Å². The normalized spacial score (nSPS) is 9.64. The van der Waals surface area contributed by atoms with E-state index in [4.69, 9.17) is 5.73 Å². The number of hydrogen-bond donors (Lipinski definition) is 1. The fraction of sp³-hybridized carbons (Fsp3) is 0.111. The molecule has 0 aliphatic heterocycles. The van der Waals surface area contributed by atoms with Crippen LogP contribution in [0.1, 0.15) is 11.1 Å². The molecule has 0 saturated heterocycles. The summed E-state index contributed by atoms with van der Waals surface area (Å²) in [6.07, 6.45) is 1.81. The average Bonchev–Trinajstić information content (AvgIpc) is 2.03. The van der Waals surface area contributed by atoms with Crippen LogP contribution in [0.2, 0.25) is 0 Å². The summed E-state index contributed by atoms with van der Waals surface area (Å²) in [5.41, 5.74) is 7.70. The summed E-state index contributed by atoms with van der Waals surface area (Å²) in [6, 6.07) is 6.04. The van der Waals surface area contributed by atoms with Gasteiger partial charge in [0.25, 0.3) is 0 Å². The summed E-state index contributed by atoms with van der Waals surface area (Å²) in [7, 11) is 0. The predicted octanol–water partition coefficient (Wildman–Crippen LogP) is 2.55. The molecule has 0 fully saturated rings. The monoisotopic (exact) mass is 211 g/mol. The van der Waals surface area contributed by atoms with Crippen molar-refractivity contribution in [1.82, 2.24) is 0 Å². The standard InChI is InChI=1S/C9H10BrN/c1-2-7-3-8(6-11)5-9(10)4-7/h2-5H,1,6,11H2. The first-order valence-electron chi connectivity index (χ1n) is 3.38. The summed E-state index contributed by atoms with van der Waals surface area (Å²) in [5, 5.41) is 0. The predicted molar refractivity (Wildman–Crippen MR) is 52.1 cm³/mol. The molecule has 0 amide bonds. The van der Waals surface area contributed by atoms with Gasteiger partial charge in [-0.25, -0.2) is 0 Å². The number of rotatable bonds is 2. The summed E-state index contributed by atoms with van der Waals surface area (Å²) < 4.78 is 1.05. The molecular formula is C9H10BrN. The molecule has 0 heterocycles. The number of nitrogens with two attached hydrogens (primary N) is 1. The van der Waals surface area contributed by atoms with Crippen LogP contribution >= 0.6 is 15.9 Å². The first kappa shape index (κ1) is 8.50. The average molecular weight is 212 g/mol. The van der Waals surface area contributed by atoms with E-state index >= 15 is 0 Å². The Morgan fingerprint density at radius 2 is 2.18 bits per heavy atom. The second kappa shape index (κ2) is 3.69. The van der Waals surface area contributed by atoms with E-state index in [0.29, 0.717) is 6.54 Å². The lowest BCUT2D eigenvalue weighted by molar-refractivity contribution is 1.07. The maximum Gasteiger partial charge on any atom is 0.0184 e. The zero-order valence-corrected chi connectivity index (χ0v) is 7.76. The third kappa shape index (κ3) is 2.17. The molecule has 1 aromatic rings. The lowest BCUT2D eigenvalue weighted by atomic mass is 10.1. The van der Waals surface area contributed by atoms with Gasteiger partial charge in [0.15, 0.2) is 0 Å². The van der Waals surface area contributed by atoms with Crippen molar-refractivity contribution in [1.29, 1.82) is 0 Å². The maximum absolute atomic E-state index is 5.49. The van der Waals surface area contributed by atoms with Crippen LogP contribution in [0, 0.1) is 0 Å². The van der Waals surface area contributed by atoms with Crippen LogP contribution in [-0.2, 0) is 6.54 Å². The van der Waals surface area contributed by atoms with Gasteiger partial charge in [0.05, 0.1) is 0 Å². The topological polar surface area (TPSA) is 26.0 Å². The van der Waals surface area contributed by atoms with Gasteiger partial charge in [-0.1, -0.05) is 34.7 Å². The molecule has 58 valence electrons. The highest BCUT2D eigenvalue weighted by Gasteiger charge is 1.93. The van der Waals surface area contributed by atoms with Crippen LogP contribution in [0.15, 0.2) is 29.3 Å². The molecule has 0 spiro atoms. The zero-order valence-electron chi connectivity index (χ0n) is 6.18. The zero-order chi connectivity index (χ0) is 8.27. The number of hydrogen-bond acceptors (Lipinski definition) is 1. The molecule has 0 unspecified atom stereocenters. The largest absolute Gasteiger partial charge is 0.326 e. The van der Waals surface area contributed by atoms with Gasteiger partial charge < -0.3 is 5.73 Å². The van der Waals surface area contributed by atoms with E-state index in [2.05, 4.69) is 22.5 Å². The summed E-state index contributed by atoms with van der Waals surface area (Å²) in [4.78, 5) is 0. The molecule has 11 heavy (non-hydrogen) atoms. The fourth-order valence-electron chi connectivity index (χ4n) is 0.911. The lowest BCUT2D eigenvalue weighted by Crippen LogP contribution is -1.96. The molecule has 1 aromatic carbocycles. The molecule has 1 nitrogen and oxygen atoms in total. The lowest BCUT2D eigenvalue weighted by Gasteiger charge is -1.99. The van der Waals surface area contributed by atoms with Crippen molar-refractivity contribution >= 4 is 22.0 Å². The minimum atomic E-state index is 0.570. The van der Waals surface area contributed by atoms with Gasteiger partial charge >= 0.3 is 0 Å². The molecule has 0 radical (unpaired) electrons. The first-order valence-corrected chi connectivity index (χ1v) is 4.17. The van der Waals surface area contributed by atoms with Crippen molar-refractivity contribution in [2.45, 2.75) is 6.54 Å². The number of benzene rings is 1. The van der Waals surface area contributed by atoms with E-state index in [1.807, 2.05) is 24.3 Å². The molecule has 0 aliphatic rings. The Balaban J connectivity index is 3.11. The Morgan fingerprint density at radius 3 is 2.73 bits per heavy atom. The Morgan fingerprint density at radius 1 is 1.45 bits per heavy atom. The highest BCUT2D eigenvalue weighted by Crippen LogP contribution is 2.16. The SMILES string of the molecule is C=Cc1cc(Br)cc(CN)c1. The van der Waals surface area contributed by atoms with Crippen LogP contribution < -0.4 is 5.73 Å². The Kier molecular flexibility index (Phi) is 2.85. The van der Waals surface area contributed by atoms with Crippen LogP contribution in [-0.4, -0.2) is 0 Å². The first-order chi connectivity index (χ1) is 5.26. The molecule has 0 aliphatic carbocycles. The van der Waals surface area contributed by atoms with Crippen molar-refractivity contribution < 1.29 is 0 Å². The quantitative estimate of drug-likeness (QED) is 0.800. The van der Waals surface area contributed by atoms with Gasteiger partial charge in [0.1, 0.15) is 0 Å². The van der Waals surface area contributed by atoms with Gasteiger partial charge in [0.2, 0.25) is 0 Å². The minimum absolute atomic E-state index is 0.570. The molecular weight excluding hydrogens is 202 g/mol. The van der Waals surface area contributed by atoms with Crippen LogP contribution in [0.4, 0.5) is 0 Å². The van der Waals surface area contributed by atoms with Crippen molar-refractivity contribution in [3.63, 3.8) is 0 Å². The van der Waals surface area contributed by atoms with Gasteiger partial charge in [-0.15, -0.1) is 0 Å². The van der Waals surface area contributed by atoms with Crippen molar-refractivity contribution in [3.05, 3.63) is 40.4 Å². The second-order valence-corrected chi connectivity index (χ2v) is 3.22. The van der Waals surface area contributed by atoms with Gasteiger partial charge in [-0.05, 0) is 23.3 Å². The van der Waals surface area contributed by atoms with E-state index in [1.54, 1.807) is 0 Å². The molecule has 2 heteroatoms. The summed E-state index contributed by atoms with van der Waals surface area (Å²) in [6.45, 7) is 4.26. The van der Waals surface area contributed by atoms with E-state index in [-0.39, 0.29) is 0 Å². The molecule has 0 atom stereocenters. The van der Waals surface area contributed by atoms with Gasteiger partial charge in [-0.3, -0.25) is 0 Å². The van der Waals surface area contributed by atoms with E-state index in [0.717, 1.165) is 15.6 Å². The van der Waals surface area contributed by atoms with Gasteiger partial charge in [0, 0.05) is 11.0 Å². The number of halogens is 1. The molecule has 2 N–H and O–H groups in total. The van der Waals surface area contributed by atoms with Crippen LogP contribution in [0.25, 0.3) is 6.08 Å². The van der Waals surface area contributed by atoms with Crippen LogP contribution in [0.3, 0.4) is 0 Å². The molecule has 0 saturated carbocycles. The van der Waals surface area contributed by atoms with E-state index in [9.17, 15) is 0 Å². The second-order valence-electron chi connectivity index (χ2n) is 2.30. The van der Waals surface area contributed by atoms with Crippen molar-refractivity contribution in [2.24, 2.45) is 5.73 Å². The minimum Gasteiger partial charge on any atom is -0.326 e. The molecule has 1 rings (SSSR count). The van der Waals surface area contributed by atoms with E-state index < -0.39 is 0 Å². The van der Waals surface area contributed by atoms with Crippen molar-refractivity contribution in [3.8, 4) is 0 Å². The highest BCUT2D eigenvalue weighted by atomic mass is 79.9. The Labute approximate surface area is 75.0 Å². The Bertz CT molecular complexity index is 268. The van der Waals surface area contributed by atoms with E-state index in [1.165, 1.54) is 0 Å². The molecule has 0 aromatic heterocycles. The van der Waals surface area contributed by atoms with Gasteiger partial charge in [-0.2, -0.15) is 0 Å². The third-order valence-corrected chi connectivity index (χ3v) is 1.91. The smallest absolute Gasteiger partial charge is 0.0184 e. The van der Waals surface area contributed by atoms with Crippen molar-refractivity contribution in [2.75, 3.05) is 0 Å². The highest BCUT2D eigenvalue weighted by molar-refractivity contribution is 9.10. The fourth-order valence-corrected chi connectivity index (χ4v) is 1.47. The summed E-state index contributed by atoms with van der Waals surface area (Å²) >= 11 is 3.39. The third-order valence-electron chi connectivity index (χ3n) is 1.45. The molecule has 0 bridgehead atoms. The maximum atomic E-state index is 5.49.